The maximum absolute atomic E-state index is 3.75. The van der Waals surface area contributed by atoms with Crippen molar-refractivity contribution in [3.05, 3.63) is 29.8 Å². The predicted molar refractivity (Wildman–Crippen MR) is 91.2 cm³/mol. The maximum atomic E-state index is 3.75. The molecule has 2 atom stereocenters. The monoisotopic (exact) mass is 293 g/mol. The van der Waals surface area contributed by atoms with Crippen molar-refractivity contribution in [2.24, 2.45) is 0 Å². The van der Waals surface area contributed by atoms with Gasteiger partial charge >= 0.3 is 0 Å². The average Bonchev–Trinajstić information content (AvgIpc) is 2.83. The van der Waals surface area contributed by atoms with Gasteiger partial charge in [-0.15, -0.1) is 0 Å². The lowest BCUT2D eigenvalue weighted by atomic mass is 10.2. The fourth-order valence-corrected chi connectivity index (χ4v) is 4.94. The van der Waals surface area contributed by atoms with Crippen LogP contribution in [-0.4, -0.2) is 25.6 Å². The lowest BCUT2D eigenvalue weighted by molar-refractivity contribution is 0.532. The Bertz CT molecular complexity index is 396. The molecule has 1 aliphatic carbocycles. The summed E-state index contributed by atoms with van der Waals surface area (Å²) in [7, 11) is -1.15. The molecule has 0 amide bonds. The van der Waals surface area contributed by atoms with Gasteiger partial charge in [0.1, 0.15) is 0 Å². The molecule has 1 aliphatic rings. The summed E-state index contributed by atoms with van der Waals surface area (Å²) in [5.41, 5.74) is 1.42. The van der Waals surface area contributed by atoms with E-state index >= 15 is 0 Å². The van der Waals surface area contributed by atoms with E-state index in [1.165, 1.54) is 24.8 Å². The summed E-state index contributed by atoms with van der Waals surface area (Å²) in [6.07, 6.45) is 6.36. The van der Waals surface area contributed by atoms with Crippen LogP contribution in [0, 0.1) is 0 Å². The van der Waals surface area contributed by atoms with E-state index in [0.717, 1.165) is 11.8 Å². The van der Waals surface area contributed by atoms with E-state index in [1.54, 1.807) is 5.19 Å². The first-order valence-electron chi connectivity index (χ1n) is 7.36. The van der Waals surface area contributed by atoms with Gasteiger partial charge in [-0.05, 0) is 24.7 Å². The Hall–Kier alpha value is -0.253. The molecule has 0 radical (unpaired) electrons. The maximum Gasteiger partial charge on any atom is 0.0775 e. The summed E-state index contributed by atoms with van der Waals surface area (Å²) in [5.74, 6) is 0. The molecule has 1 N–H and O–H groups in total. The summed E-state index contributed by atoms with van der Waals surface area (Å²) in [6, 6.07) is 10.0. The molecule has 106 valence electrons. The summed E-state index contributed by atoms with van der Waals surface area (Å²) in [4.78, 5) is 0. The van der Waals surface area contributed by atoms with E-state index in [2.05, 4.69) is 55.5 Å². The first-order chi connectivity index (χ1) is 9.00. The first-order valence-corrected chi connectivity index (χ1v) is 12.1. The van der Waals surface area contributed by atoms with Gasteiger partial charge in [0.05, 0.1) is 8.07 Å². The van der Waals surface area contributed by atoms with Gasteiger partial charge in [-0.3, -0.25) is 0 Å². The predicted octanol–water partition coefficient (Wildman–Crippen LogP) is 3.61. The molecule has 0 aromatic heterocycles. The Kier molecular flexibility index (Phi) is 5.15. The summed E-state index contributed by atoms with van der Waals surface area (Å²) < 4.78 is 0. The molecule has 19 heavy (non-hydrogen) atoms. The fraction of sp³-hybridized carbons (Fsp3) is 0.625. The normalized spacial score (nSPS) is 23.8. The second kappa shape index (κ2) is 6.46. The second-order valence-corrected chi connectivity index (χ2v) is 12.8. The molecule has 0 heterocycles. The fourth-order valence-electron chi connectivity index (χ4n) is 2.81. The third-order valence-corrected chi connectivity index (χ3v) is 7.38. The highest BCUT2D eigenvalue weighted by Crippen LogP contribution is 2.28. The highest BCUT2D eigenvalue weighted by atomic mass is 32.2. The summed E-state index contributed by atoms with van der Waals surface area (Å²) in [5, 5.41) is 6.12. The largest absolute Gasteiger partial charge is 0.309 e. The van der Waals surface area contributed by atoms with E-state index in [0.29, 0.717) is 6.04 Å². The molecule has 2 unspecified atom stereocenters. The minimum absolute atomic E-state index is 0.715. The van der Waals surface area contributed by atoms with Crippen LogP contribution in [0.1, 0.15) is 24.8 Å². The third kappa shape index (κ3) is 4.10. The Morgan fingerprint density at radius 1 is 1.16 bits per heavy atom. The van der Waals surface area contributed by atoms with Gasteiger partial charge in [0, 0.05) is 17.8 Å². The molecule has 0 bridgehead atoms. The second-order valence-electron chi connectivity index (χ2n) is 6.64. The smallest absolute Gasteiger partial charge is 0.0775 e. The van der Waals surface area contributed by atoms with Crippen LogP contribution in [-0.2, 0) is 6.54 Å². The highest BCUT2D eigenvalue weighted by Gasteiger charge is 2.25. The molecule has 1 nitrogen and oxygen atoms in total. The number of thioether (sulfide) groups is 1. The third-order valence-electron chi connectivity index (χ3n) is 4.14. The molecular weight excluding hydrogens is 266 g/mol. The summed E-state index contributed by atoms with van der Waals surface area (Å²) >= 11 is 2.02. The number of benzene rings is 1. The molecule has 1 aromatic rings. The molecule has 3 heteroatoms. The van der Waals surface area contributed by atoms with Crippen LogP contribution in [0.4, 0.5) is 0 Å². The Morgan fingerprint density at radius 3 is 2.42 bits per heavy atom. The van der Waals surface area contributed by atoms with Gasteiger partial charge in [-0.2, -0.15) is 11.8 Å². The molecule has 2 rings (SSSR count). The van der Waals surface area contributed by atoms with Crippen molar-refractivity contribution in [2.45, 2.75) is 56.7 Å². The zero-order chi connectivity index (χ0) is 13.9. The van der Waals surface area contributed by atoms with E-state index in [1.807, 2.05) is 11.8 Å². The molecule has 0 saturated heterocycles. The average molecular weight is 294 g/mol. The van der Waals surface area contributed by atoms with Crippen molar-refractivity contribution >= 4 is 25.0 Å². The van der Waals surface area contributed by atoms with Crippen LogP contribution in [0.3, 0.4) is 0 Å². The lowest BCUT2D eigenvalue weighted by Crippen LogP contribution is -2.37. The van der Waals surface area contributed by atoms with Gasteiger partial charge in [-0.25, -0.2) is 0 Å². The van der Waals surface area contributed by atoms with Crippen molar-refractivity contribution in [3.8, 4) is 0 Å². The van der Waals surface area contributed by atoms with Crippen molar-refractivity contribution in [3.63, 3.8) is 0 Å². The summed E-state index contributed by atoms with van der Waals surface area (Å²) in [6.45, 7) is 8.24. The number of rotatable bonds is 5. The van der Waals surface area contributed by atoms with Crippen molar-refractivity contribution < 1.29 is 0 Å². The minimum atomic E-state index is -1.15. The Balaban J connectivity index is 1.90. The zero-order valence-electron chi connectivity index (χ0n) is 12.7. The molecule has 1 fully saturated rings. The number of nitrogens with one attached hydrogen (secondary N) is 1. The molecule has 0 aliphatic heterocycles. The molecule has 0 spiro atoms. The zero-order valence-corrected chi connectivity index (χ0v) is 14.5. The lowest BCUT2D eigenvalue weighted by Gasteiger charge is -2.20. The van der Waals surface area contributed by atoms with Crippen LogP contribution in [0.2, 0.25) is 19.6 Å². The van der Waals surface area contributed by atoms with Gasteiger partial charge in [0.2, 0.25) is 0 Å². The van der Waals surface area contributed by atoms with Crippen LogP contribution in [0.25, 0.3) is 0 Å². The van der Waals surface area contributed by atoms with Gasteiger partial charge in [-0.1, -0.05) is 55.5 Å². The van der Waals surface area contributed by atoms with Crippen LogP contribution >= 0.6 is 11.8 Å². The standard InChI is InChI=1S/C16H27NSSi/c1-18-16-7-5-6-15(16)17-12-13-8-10-14(11-9-13)19(2,3)4/h8-11,15-17H,5-7,12H2,1-4H3. The van der Waals surface area contributed by atoms with E-state index in [9.17, 15) is 0 Å². The van der Waals surface area contributed by atoms with E-state index < -0.39 is 8.07 Å². The SMILES string of the molecule is CSC1CCCC1NCc1ccc([Si](C)(C)C)cc1. The van der Waals surface area contributed by atoms with Gasteiger partial charge in [0.15, 0.2) is 0 Å². The topological polar surface area (TPSA) is 12.0 Å². The van der Waals surface area contributed by atoms with E-state index in [-0.39, 0.29) is 0 Å². The Morgan fingerprint density at radius 2 is 1.84 bits per heavy atom. The van der Waals surface area contributed by atoms with Crippen LogP contribution < -0.4 is 10.5 Å². The van der Waals surface area contributed by atoms with Crippen LogP contribution in [0.5, 0.6) is 0 Å². The van der Waals surface area contributed by atoms with Crippen molar-refractivity contribution in [2.75, 3.05) is 6.26 Å². The molecule has 1 saturated carbocycles. The highest BCUT2D eigenvalue weighted by molar-refractivity contribution is 7.99. The van der Waals surface area contributed by atoms with E-state index in [4.69, 9.17) is 0 Å². The Labute approximate surface area is 123 Å². The first kappa shape index (κ1) is 15.1. The van der Waals surface area contributed by atoms with Crippen molar-refractivity contribution in [1.29, 1.82) is 0 Å². The van der Waals surface area contributed by atoms with Crippen LogP contribution in [0.15, 0.2) is 24.3 Å². The van der Waals surface area contributed by atoms with Crippen molar-refractivity contribution in [1.82, 2.24) is 5.32 Å². The van der Waals surface area contributed by atoms with Gasteiger partial charge < -0.3 is 5.32 Å². The number of hydrogen-bond acceptors (Lipinski definition) is 2. The quantitative estimate of drug-likeness (QED) is 0.833. The molecule has 1 aromatic carbocycles. The molecular formula is C16H27NSSi. The minimum Gasteiger partial charge on any atom is -0.309 e. The number of hydrogen-bond donors (Lipinski definition) is 1. The van der Waals surface area contributed by atoms with Gasteiger partial charge in [0.25, 0.3) is 0 Å².